The van der Waals surface area contributed by atoms with Crippen LogP contribution in [0.2, 0.25) is 0 Å². The lowest BCUT2D eigenvalue weighted by atomic mass is 10.1. The maximum atomic E-state index is 13.0. The van der Waals surface area contributed by atoms with Crippen LogP contribution < -0.4 is 5.32 Å². The van der Waals surface area contributed by atoms with E-state index >= 15 is 0 Å². The fraction of sp³-hybridized carbons (Fsp3) is 0.214. The number of anilines is 1. The van der Waals surface area contributed by atoms with E-state index in [0.29, 0.717) is 13.0 Å². The van der Waals surface area contributed by atoms with Crippen molar-refractivity contribution < 1.29 is 9.31 Å². The number of rotatable bonds is 5. The molecule has 0 atom stereocenters. The van der Waals surface area contributed by atoms with Crippen molar-refractivity contribution in [2.75, 3.05) is 11.9 Å². The Morgan fingerprint density at radius 3 is 2.90 bits per heavy atom. The Balaban J connectivity index is 2.01. The highest BCUT2D eigenvalue weighted by Crippen LogP contribution is 2.20. The van der Waals surface area contributed by atoms with Gasteiger partial charge in [-0.2, -0.15) is 0 Å². The summed E-state index contributed by atoms with van der Waals surface area (Å²) in [6.07, 6.45) is 2.14. The minimum atomic E-state index is -0.474. The Hall–Kier alpha value is -2.50. The van der Waals surface area contributed by atoms with Gasteiger partial charge < -0.3 is 5.32 Å². The maximum absolute atomic E-state index is 13.0. The molecule has 2 rings (SSSR count). The SMILES string of the molecule is Cc1cc(F)ccc1CCNc1ncccc1[N+](=O)[O-]. The van der Waals surface area contributed by atoms with Crippen LogP contribution in [-0.2, 0) is 6.42 Å². The van der Waals surface area contributed by atoms with Gasteiger partial charge in [0.1, 0.15) is 5.82 Å². The van der Waals surface area contributed by atoms with E-state index in [1.54, 1.807) is 6.07 Å². The lowest BCUT2D eigenvalue weighted by molar-refractivity contribution is -0.384. The summed E-state index contributed by atoms with van der Waals surface area (Å²) < 4.78 is 13.0. The molecule has 0 saturated heterocycles. The minimum Gasteiger partial charge on any atom is -0.364 e. The number of nitro groups is 1. The standard InChI is InChI=1S/C14H14FN3O2/c1-10-9-12(15)5-4-11(10)6-8-17-14-13(18(19)20)3-2-7-16-14/h2-5,7,9H,6,8H2,1H3,(H,16,17). The Morgan fingerprint density at radius 1 is 1.40 bits per heavy atom. The molecule has 2 aromatic rings. The molecule has 0 aliphatic rings. The van der Waals surface area contributed by atoms with Crippen molar-refractivity contribution in [1.29, 1.82) is 0 Å². The number of pyridine rings is 1. The van der Waals surface area contributed by atoms with E-state index in [9.17, 15) is 14.5 Å². The van der Waals surface area contributed by atoms with Crippen molar-refractivity contribution in [2.45, 2.75) is 13.3 Å². The van der Waals surface area contributed by atoms with Crippen molar-refractivity contribution in [1.82, 2.24) is 4.98 Å². The molecule has 20 heavy (non-hydrogen) atoms. The third-order valence-corrected chi connectivity index (χ3v) is 2.97. The second-order valence-electron chi connectivity index (χ2n) is 4.38. The van der Waals surface area contributed by atoms with Crippen LogP contribution in [0.3, 0.4) is 0 Å². The molecule has 6 heteroatoms. The second kappa shape index (κ2) is 6.10. The molecule has 0 aliphatic heterocycles. The Labute approximate surface area is 115 Å². The van der Waals surface area contributed by atoms with E-state index in [1.807, 2.05) is 6.92 Å². The van der Waals surface area contributed by atoms with Gasteiger partial charge in [0.2, 0.25) is 5.82 Å². The van der Waals surface area contributed by atoms with Crippen LogP contribution in [0.1, 0.15) is 11.1 Å². The molecule has 1 N–H and O–H groups in total. The van der Waals surface area contributed by atoms with Crippen LogP contribution in [0.4, 0.5) is 15.9 Å². The van der Waals surface area contributed by atoms with E-state index < -0.39 is 4.92 Å². The quantitative estimate of drug-likeness (QED) is 0.672. The molecule has 0 saturated carbocycles. The lowest BCUT2D eigenvalue weighted by Crippen LogP contribution is -2.09. The molecule has 0 spiro atoms. The van der Waals surface area contributed by atoms with Gasteiger partial charge >= 0.3 is 5.69 Å². The summed E-state index contributed by atoms with van der Waals surface area (Å²) in [7, 11) is 0. The number of benzene rings is 1. The maximum Gasteiger partial charge on any atom is 0.311 e. The topological polar surface area (TPSA) is 68.1 Å². The summed E-state index contributed by atoms with van der Waals surface area (Å²) in [4.78, 5) is 14.3. The number of halogens is 1. The fourth-order valence-corrected chi connectivity index (χ4v) is 1.94. The van der Waals surface area contributed by atoms with E-state index in [0.717, 1.165) is 11.1 Å². The first-order valence-corrected chi connectivity index (χ1v) is 6.16. The molecule has 1 heterocycles. The first-order valence-electron chi connectivity index (χ1n) is 6.16. The molecule has 5 nitrogen and oxygen atoms in total. The highest BCUT2D eigenvalue weighted by molar-refractivity contribution is 5.55. The third-order valence-electron chi connectivity index (χ3n) is 2.97. The number of hydrogen-bond donors (Lipinski definition) is 1. The Morgan fingerprint density at radius 2 is 2.20 bits per heavy atom. The van der Waals surface area contributed by atoms with Crippen LogP contribution in [0, 0.1) is 22.9 Å². The van der Waals surface area contributed by atoms with Gasteiger partial charge in [-0.1, -0.05) is 6.07 Å². The molecular weight excluding hydrogens is 261 g/mol. The Bertz CT molecular complexity index is 632. The van der Waals surface area contributed by atoms with Crippen LogP contribution >= 0.6 is 0 Å². The zero-order chi connectivity index (χ0) is 14.5. The molecule has 0 radical (unpaired) electrons. The summed E-state index contributed by atoms with van der Waals surface area (Å²) >= 11 is 0. The molecule has 1 aromatic heterocycles. The van der Waals surface area contributed by atoms with E-state index in [4.69, 9.17) is 0 Å². The summed E-state index contributed by atoms with van der Waals surface area (Å²) in [5.41, 5.74) is 1.81. The van der Waals surface area contributed by atoms with Crippen molar-refractivity contribution in [2.24, 2.45) is 0 Å². The zero-order valence-electron chi connectivity index (χ0n) is 11.0. The molecule has 0 fully saturated rings. The summed E-state index contributed by atoms with van der Waals surface area (Å²) in [6, 6.07) is 7.52. The Kier molecular flexibility index (Phi) is 4.24. The molecule has 0 unspecified atom stereocenters. The predicted molar refractivity (Wildman–Crippen MR) is 74.2 cm³/mol. The molecule has 0 bridgehead atoms. The van der Waals surface area contributed by atoms with Gasteiger partial charge in [0.15, 0.2) is 0 Å². The van der Waals surface area contributed by atoms with Crippen molar-refractivity contribution in [3.63, 3.8) is 0 Å². The summed E-state index contributed by atoms with van der Waals surface area (Å²) in [5.74, 6) is -0.0168. The minimum absolute atomic E-state index is 0.0525. The van der Waals surface area contributed by atoms with Crippen LogP contribution in [0.5, 0.6) is 0 Å². The zero-order valence-corrected chi connectivity index (χ0v) is 11.0. The fourth-order valence-electron chi connectivity index (χ4n) is 1.94. The van der Waals surface area contributed by atoms with Gasteiger partial charge in [-0.3, -0.25) is 10.1 Å². The first kappa shape index (κ1) is 13.9. The molecular formula is C14H14FN3O2. The van der Waals surface area contributed by atoms with Crippen LogP contribution in [-0.4, -0.2) is 16.5 Å². The van der Waals surface area contributed by atoms with Crippen molar-refractivity contribution in [3.05, 3.63) is 63.6 Å². The molecule has 0 amide bonds. The van der Waals surface area contributed by atoms with Gasteiger partial charge in [0, 0.05) is 18.8 Å². The molecule has 0 aliphatic carbocycles. The molecule has 1 aromatic carbocycles. The van der Waals surface area contributed by atoms with E-state index in [1.165, 1.54) is 30.5 Å². The first-order chi connectivity index (χ1) is 9.58. The monoisotopic (exact) mass is 275 g/mol. The van der Waals surface area contributed by atoms with Gasteiger partial charge in [0.25, 0.3) is 0 Å². The van der Waals surface area contributed by atoms with Gasteiger partial charge in [0.05, 0.1) is 4.92 Å². The number of nitrogens with zero attached hydrogens (tertiary/aromatic N) is 2. The van der Waals surface area contributed by atoms with Crippen LogP contribution in [0.15, 0.2) is 36.5 Å². The largest absolute Gasteiger partial charge is 0.364 e. The predicted octanol–water partition coefficient (Wildman–Crippen LogP) is 3.09. The lowest BCUT2D eigenvalue weighted by Gasteiger charge is -2.08. The normalized spacial score (nSPS) is 10.3. The van der Waals surface area contributed by atoms with Gasteiger partial charge in [-0.25, -0.2) is 9.37 Å². The van der Waals surface area contributed by atoms with E-state index in [-0.39, 0.29) is 17.3 Å². The molecule has 104 valence electrons. The summed E-state index contributed by atoms with van der Waals surface area (Å²) in [6.45, 7) is 2.33. The second-order valence-corrected chi connectivity index (χ2v) is 4.38. The third kappa shape index (κ3) is 3.28. The average molecular weight is 275 g/mol. The highest BCUT2D eigenvalue weighted by Gasteiger charge is 2.13. The highest BCUT2D eigenvalue weighted by atomic mass is 19.1. The van der Waals surface area contributed by atoms with Crippen molar-refractivity contribution >= 4 is 11.5 Å². The van der Waals surface area contributed by atoms with Gasteiger partial charge in [-0.05, 0) is 42.7 Å². The number of aryl methyl sites for hydroxylation is 1. The summed E-state index contributed by atoms with van der Waals surface area (Å²) in [5, 5.41) is 13.8. The number of aromatic nitrogens is 1. The average Bonchev–Trinajstić information content (AvgIpc) is 2.41. The van der Waals surface area contributed by atoms with E-state index in [2.05, 4.69) is 10.3 Å². The smallest absolute Gasteiger partial charge is 0.311 e. The van der Waals surface area contributed by atoms with Crippen molar-refractivity contribution in [3.8, 4) is 0 Å². The van der Waals surface area contributed by atoms with Crippen LogP contribution in [0.25, 0.3) is 0 Å². The number of hydrogen-bond acceptors (Lipinski definition) is 4. The van der Waals surface area contributed by atoms with Gasteiger partial charge in [-0.15, -0.1) is 0 Å². The number of nitrogens with one attached hydrogen (secondary N) is 1.